The summed E-state index contributed by atoms with van der Waals surface area (Å²) in [5.74, 6) is 0. The molecule has 0 bridgehead atoms. The molecule has 1 aromatic carbocycles. The van der Waals surface area contributed by atoms with Gasteiger partial charge >= 0.3 is 0 Å². The summed E-state index contributed by atoms with van der Waals surface area (Å²) in [6.07, 6.45) is 5.98. The highest BCUT2D eigenvalue weighted by molar-refractivity contribution is 7.98. The molecule has 2 nitrogen and oxygen atoms in total. The number of anilines is 1. The lowest BCUT2D eigenvalue weighted by Crippen LogP contribution is -2.42. The van der Waals surface area contributed by atoms with E-state index < -0.39 is 0 Å². The molecule has 0 aromatic heterocycles. The van der Waals surface area contributed by atoms with Gasteiger partial charge in [-0.1, -0.05) is 19.9 Å². The van der Waals surface area contributed by atoms with E-state index in [4.69, 9.17) is 0 Å². The molecule has 1 N–H and O–H groups in total. The number of fused-ring (bicyclic) bond motifs is 1. The van der Waals surface area contributed by atoms with Crippen LogP contribution < -0.4 is 10.2 Å². The first-order valence-corrected chi connectivity index (χ1v) is 8.75. The minimum atomic E-state index is 0.759. The molecule has 0 aliphatic carbocycles. The molecular formula is C16H26N2S. The summed E-state index contributed by atoms with van der Waals surface area (Å²) in [5, 5.41) is 3.45. The van der Waals surface area contributed by atoms with Gasteiger partial charge in [0.1, 0.15) is 0 Å². The number of rotatable bonds is 2. The molecule has 106 valence electrons. The summed E-state index contributed by atoms with van der Waals surface area (Å²) in [6.45, 7) is 7.58. The van der Waals surface area contributed by atoms with Crippen LogP contribution in [0.4, 0.5) is 5.69 Å². The van der Waals surface area contributed by atoms with Gasteiger partial charge in [0.25, 0.3) is 0 Å². The number of nitrogens with zero attached hydrogens (tertiary/aromatic N) is 1. The van der Waals surface area contributed by atoms with Crippen molar-refractivity contribution < 1.29 is 0 Å². The second-order valence-electron chi connectivity index (χ2n) is 4.92. The molecular weight excluding hydrogens is 252 g/mol. The zero-order chi connectivity index (χ0) is 13.7. The normalized spacial score (nSPS) is 18.8. The number of piperidine rings is 1. The highest BCUT2D eigenvalue weighted by atomic mass is 32.2. The second kappa shape index (κ2) is 7.20. The van der Waals surface area contributed by atoms with E-state index in [0.717, 1.165) is 6.04 Å². The average molecular weight is 278 g/mol. The van der Waals surface area contributed by atoms with E-state index in [2.05, 4.69) is 34.7 Å². The van der Waals surface area contributed by atoms with Crippen molar-refractivity contribution in [3.63, 3.8) is 0 Å². The van der Waals surface area contributed by atoms with Crippen LogP contribution in [0.2, 0.25) is 0 Å². The number of hydrogen-bond acceptors (Lipinski definition) is 3. The van der Waals surface area contributed by atoms with Crippen LogP contribution in [-0.2, 0) is 6.42 Å². The molecule has 2 aliphatic heterocycles. The van der Waals surface area contributed by atoms with Gasteiger partial charge in [0.15, 0.2) is 0 Å². The molecule has 0 radical (unpaired) electrons. The minimum absolute atomic E-state index is 0.759. The molecule has 0 spiro atoms. The Morgan fingerprint density at radius 3 is 2.63 bits per heavy atom. The van der Waals surface area contributed by atoms with Crippen LogP contribution in [0.5, 0.6) is 0 Å². The molecule has 1 fully saturated rings. The maximum atomic E-state index is 3.45. The Bertz CT molecular complexity index is 400. The van der Waals surface area contributed by atoms with Gasteiger partial charge in [0.05, 0.1) is 0 Å². The van der Waals surface area contributed by atoms with Gasteiger partial charge in [-0.3, -0.25) is 0 Å². The molecule has 0 atom stereocenters. The highest BCUT2D eigenvalue weighted by Gasteiger charge is 2.27. The largest absolute Gasteiger partial charge is 0.368 e. The SMILES string of the molecule is CC.CSc1ccc2c(c1)N(C1CCNCC1)CC2. The van der Waals surface area contributed by atoms with E-state index in [1.165, 1.54) is 49.5 Å². The Labute approximate surface area is 122 Å². The smallest absolute Gasteiger partial charge is 0.0413 e. The fourth-order valence-electron chi connectivity index (χ4n) is 3.01. The van der Waals surface area contributed by atoms with E-state index in [0.29, 0.717) is 0 Å². The Morgan fingerprint density at radius 1 is 1.21 bits per heavy atom. The maximum absolute atomic E-state index is 3.45. The van der Waals surface area contributed by atoms with Crippen molar-refractivity contribution in [2.45, 2.75) is 44.0 Å². The summed E-state index contributed by atoms with van der Waals surface area (Å²) in [7, 11) is 0. The van der Waals surface area contributed by atoms with Crippen LogP contribution in [0.25, 0.3) is 0 Å². The summed E-state index contributed by atoms with van der Waals surface area (Å²) in [4.78, 5) is 4.04. The molecule has 0 amide bonds. The van der Waals surface area contributed by atoms with Crippen molar-refractivity contribution in [3.8, 4) is 0 Å². The Balaban J connectivity index is 0.000000637. The summed E-state index contributed by atoms with van der Waals surface area (Å²) in [5.41, 5.74) is 3.05. The molecule has 2 aliphatic rings. The van der Waals surface area contributed by atoms with E-state index >= 15 is 0 Å². The van der Waals surface area contributed by atoms with Gasteiger partial charge in [-0.25, -0.2) is 0 Å². The number of hydrogen-bond donors (Lipinski definition) is 1. The Morgan fingerprint density at radius 2 is 1.95 bits per heavy atom. The molecule has 19 heavy (non-hydrogen) atoms. The summed E-state index contributed by atoms with van der Waals surface area (Å²) >= 11 is 1.84. The van der Waals surface area contributed by atoms with Crippen LogP contribution >= 0.6 is 11.8 Å². The van der Waals surface area contributed by atoms with E-state index in [-0.39, 0.29) is 0 Å². The lowest BCUT2D eigenvalue weighted by molar-refractivity contribution is 0.435. The molecule has 2 heterocycles. The first-order valence-electron chi connectivity index (χ1n) is 7.53. The van der Waals surface area contributed by atoms with Crippen LogP contribution in [0.1, 0.15) is 32.3 Å². The van der Waals surface area contributed by atoms with Crippen LogP contribution in [0.3, 0.4) is 0 Å². The van der Waals surface area contributed by atoms with E-state index in [9.17, 15) is 0 Å². The minimum Gasteiger partial charge on any atom is -0.368 e. The zero-order valence-electron chi connectivity index (χ0n) is 12.4. The topological polar surface area (TPSA) is 15.3 Å². The third-order valence-electron chi connectivity index (χ3n) is 3.97. The van der Waals surface area contributed by atoms with Gasteiger partial charge in [0, 0.05) is 23.2 Å². The first-order chi connectivity index (χ1) is 9.38. The molecule has 3 rings (SSSR count). The second-order valence-corrected chi connectivity index (χ2v) is 5.80. The van der Waals surface area contributed by atoms with Crippen LogP contribution in [0.15, 0.2) is 23.1 Å². The van der Waals surface area contributed by atoms with Crippen molar-refractivity contribution in [1.82, 2.24) is 5.32 Å². The van der Waals surface area contributed by atoms with E-state index in [1.807, 2.05) is 25.6 Å². The number of thioether (sulfide) groups is 1. The number of nitrogens with one attached hydrogen (secondary N) is 1. The van der Waals surface area contributed by atoms with Gasteiger partial charge in [0.2, 0.25) is 0 Å². The molecule has 1 saturated heterocycles. The monoisotopic (exact) mass is 278 g/mol. The van der Waals surface area contributed by atoms with E-state index in [1.54, 1.807) is 5.56 Å². The van der Waals surface area contributed by atoms with Crippen LogP contribution in [-0.4, -0.2) is 31.9 Å². The number of benzene rings is 1. The predicted molar refractivity (Wildman–Crippen MR) is 86.5 cm³/mol. The van der Waals surface area contributed by atoms with Crippen LogP contribution in [0, 0.1) is 0 Å². The Kier molecular flexibility index (Phi) is 5.59. The highest BCUT2D eigenvalue weighted by Crippen LogP contribution is 2.34. The van der Waals surface area contributed by atoms with Crippen molar-refractivity contribution >= 4 is 17.4 Å². The molecule has 1 aromatic rings. The maximum Gasteiger partial charge on any atom is 0.0413 e. The lowest BCUT2D eigenvalue weighted by atomic mass is 10.0. The Hall–Kier alpha value is -0.670. The lowest BCUT2D eigenvalue weighted by Gasteiger charge is -2.33. The summed E-state index contributed by atoms with van der Waals surface area (Å²) < 4.78 is 0. The third-order valence-corrected chi connectivity index (χ3v) is 4.70. The zero-order valence-corrected chi connectivity index (χ0v) is 13.2. The molecule has 3 heteroatoms. The fraction of sp³-hybridized carbons (Fsp3) is 0.625. The van der Waals surface area contributed by atoms with Crippen molar-refractivity contribution in [1.29, 1.82) is 0 Å². The van der Waals surface area contributed by atoms with Crippen molar-refractivity contribution in [2.75, 3.05) is 30.8 Å². The van der Waals surface area contributed by atoms with Gasteiger partial charge in [-0.15, -0.1) is 11.8 Å². The standard InChI is InChI=1S/C14H20N2S.C2H6/c1-17-13-3-2-11-6-9-16(14(11)10-13)12-4-7-15-8-5-12;1-2/h2-3,10,12,15H,4-9H2,1H3;1-2H3. The molecule has 0 unspecified atom stereocenters. The quantitative estimate of drug-likeness (QED) is 0.833. The predicted octanol–water partition coefficient (Wildman–Crippen LogP) is 3.55. The third kappa shape index (κ3) is 3.26. The van der Waals surface area contributed by atoms with Gasteiger partial charge in [-0.05, 0) is 56.3 Å². The van der Waals surface area contributed by atoms with Gasteiger partial charge in [-0.2, -0.15) is 0 Å². The first kappa shape index (κ1) is 14.7. The fourth-order valence-corrected chi connectivity index (χ4v) is 3.44. The molecule has 0 saturated carbocycles. The average Bonchev–Trinajstić information content (AvgIpc) is 2.93. The van der Waals surface area contributed by atoms with Crippen molar-refractivity contribution in [2.24, 2.45) is 0 Å². The summed E-state index contributed by atoms with van der Waals surface area (Å²) in [6, 6.07) is 7.72. The van der Waals surface area contributed by atoms with Crippen molar-refractivity contribution in [3.05, 3.63) is 23.8 Å². The van der Waals surface area contributed by atoms with Gasteiger partial charge < -0.3 is 10.2 Å².